The second-order valence-corrected chi connectivity index (χ2v) is 11.7. The van der Waals surface area contributed by atoms with Gasteiger partial charge < -0.3 is 14.2 Å². The number of likely N-dealkylation sites (N-methyl/N-ethyl adjacent to an activating group) is 2. The van der Waals surface area contributed by atoms with Gasteiger partial charge in [-0.2, -0.15) is 0 Å². The lowest BCUT2D eigenvalue weighted by Gasteiger charge is -2.25. The molecule has 2 aromatic carbocycles. The zero-order chi connectivity index (χ0) is 29.9. The summed E-state index contributed by atoms with van der Waals surface area (Å²) in [5.41, 5.74) is 3.86. The number of halogens is 1. The molecule has 4 aromatic rings. The highest BCUT2D eigenvalue weighted by Crippen LogP contribution is 2.30. The fraction of sp³-hybridized carbons (Fsp3) is 0.455. The topological polar surface area (TPSA) is 55.0 Å². The van der Waals surface area contributed by atoms with Crippen LogP contribution in [-0.2, 0) is 18.5 Å². The predicted octanol–water partition coefficient (Wildman–Crippen LogP) is 5.74. The van der Waals surface area contributed by atoms with E-state index < -0.39 is 0 Å². The summed E-state index contributed by atoms with van der Waals surface area (Å²) in [4.78, 5) is 24.3. The summed E-state index contributed by atoms with van der Waals surface area (Å²) in [6.45, 7) is 17.2. The van der Waals surface area contributed by atoms with Crippen molar-refractivity contribution in [3.8, 4) is 16.9 Å². The monoisotopic (exact) mass is 561 g/mol. The number of fused-ring (bicyclic) bond motifs is 1. The van der Waals surface area contributed by atoms with E-state index in [0.29, 0.717) is 29.2 Å². The summed E-state index contributed by atoms with van der Waals surface area (Å²) in [5, 5.41) is 0. The van der Waals surface area contributed by atoms with E-state index in [1.54, 1.807) is 23.6 Å². The number of methoxy groups -OCH3 is 1. The molecule has 0 saturated heterocycles. The lowest BCUT2D eigenvalue weighted by molar-refractivity contribution is 0.234. The van der Waals surface area contributed by atoms with Crippen LogP contribution in [0.4, 0.5) is 4.39 Å². The molecule has 0 spiro atoms. The Balaban J connectivity index is 1.99. The number of rotatable bonds is 11. The molecular weight excluding hydrogens is 517 g/mol. The molecule has 220 valence electrons. The Morgan fingerprint density at radius 1 is 1.02 bits per heavy atom. The molecule has 0 atom stereocenters. The molecule has 0 aliphatic carbocycles. The number of ether oxygens (including phenoxy) is 1. The minimum atomic E-state index is -0.312. The second kappa shape index (κ2) is 12.6. The zero-order valence-corrected chi connectivity index (χ0v) is 25.8. The van der Waals surface area contributed by atoms with Gasteiger partial charge in [-0.15, -0.1) is 0 Å². The Bertz CT molecular complexity index is 1560. The Morgan fingerprint density at radius 2 is 1.73 bits per heavy atom. The zero-order valence-electron chi connectivity index (χ0n) is 25.8. The largest absolute Gasteiger partial charge is 0.497 e. The van der Waals surface area contributed by atoms with Crippen molar-refractivity contribution in [3.63, 3.8) is 0 Å². The number of imidazole rings is 1. The second-order valence-electron chi connectivity index (χ2n) is 11.7. The van der Waals surface area contributed by atoms with E-state index in [1.165, 1.54) is 6.07 Å². The van der Waals surface area contributed by atoms with E-state index in [9.17, 15) is 9.18 Å². The number of nitrogens with zero attached hydrogens (tertiary/aromatic N) is 5. The third-order valence-corrected chi connectivity index (χ3v) is 7.85. The van der Waals surface area contributed by atoms with Crippen LogP contribution in [0.2, 0.25) is 0 Å². The van der Waals surface area contributed by atoms with E-state index in [2.05, 4.69) is 51.5 Å². The highest BCUT2D eigenvalue weighted by molar-refractivity contribution is 5.68. The van der Waals surface area contributed by atoms with Crippen molar-refractivity contribution >= 4 is 5.78 Å². The summed E-state index contributed by atoms with van der Waals surface area (Å²) in [7, 11) is 3.70. The SMILES string of the molecule is CCN(CC)CCN(C)Cc1c(C(C)(C)C)nc2n(Cc3ccccc3F)c(C)c(-c3cccc(OC)c3)c(=O)n12. The van der Waals surface area contributed by atoms with Crippen LogP contribution in [0.1, 0.15) is 57.3 Å². The molecular formula is C33H44FN5O2. The molecule has 7 nitrogen and oxygen atoms in total. The first-order chi connectivity index (χ1) is 19.5. The fourth-order valence-corrected chi connectivity index (χ4v) is 5.42. The van der Waals surface area contributed by atoms with Crippen molar-refractivity contribution in [2.24, 2.45) is 0 Å². The first-order valence-corrected chi connectivity index (χ1v) is 14.4. The van der Waals surface area contributed by atoms with Crippen molar-refractivity contribution in [3.05, 3.63) is 87.3 Å². The van der Waals surface area contributed by atoms with Crippen LogP contribution >= 0.6 is 0 Å². The summed E-state index contributed by atoms with van der Waals surface area (Å²) < 4.78 is 24.2. The summed E-state index contributed by atoms with van der Waals surface area (Å²) in [6, 6.07) is 14.3. The maximum Gasteiger partial charge on any atom is 0.267 e. The molecule has 0 aliphatic rings. The van der Waals surface area contributed by atoms with Crippen molar-refractivity contribution in [1.29, 1.82) is 0 Å². The van der Waals surface area contributed by atoms with Gasteiger partial charge in [0, 0.05) is 36.3 Å². The van der Waals surface area contributed by atoms with Gasteiger partial charge in [-0.3, -0.25) is 9.69 Å². The normalized spacial score (nSPS) is 12.2. The number of hydrogen-bond acceptors (Lipinski definition) is 5. The van der Waals surface area contributed by atoms with Crippen molar-refractivity contribution < 1.29 is 9.13 Å². The molecule has 0 unspecified atom stereocenters. The average Bonchev–Trinajstić information content (AvgIpc) is 3.32. The Labute approximate surface area is 243 Å². The summed E-state index contributed by atoms with van der Waals surface area (Å²) in [5.74, 6) is 0.907. The van der Waals surface area contributed by atoms with Gasteiger partial charge in [0.2, 0.25) is 5.78 Å². The van der Waals surface area contributed by atoms with E-state index in [0.717, 1.165) is 48.8 Å². The number of aromatic nitrogens is 3. The van der Waals surface area contributed by atoms with Crippen LogP contribution in [0, 0.1) is 12.7 Å². The van der Waals surface area contributed by atoms with Crippen LogP contribution < -0.4 is 10.3 Å². The predicted molar refractivity (Wildman–Crippen MR) is 165 cm³/mol. The molecule has 4 rings (SSSR count). The van der Waals surface area contributed by atoms with Gasteiger partial charge in [0.25, 0.3) is 5.56 Å². The first-order valence-electron chi connectivity index (χ1n) is 14.4. The van der Waals surface area contributed by atoms with E-state index >= 15 is 0 Å². The molecule has 2 heterocycles. The summed E-state index contributed by atoms with van der Waals surface area (Å²) >= 11 is 0. The van der Waals surface area contributed by atoms with Gasteiger partial charge in [0.05, 0.1) is 30.6 Å². The Morgan fingerprint density at radius 3 is 2.37 bits per heavy atom. The number of benzene rings is 2. The maximum absolute atomic E-state index is 14.9. The Kier molecular flexibility index (Phi) is 9.34. The molecule has 0 aliphatic heterocycles. The lowest BCUT2D eigenvalue weighted by Crippen LogP contribution is -2.34. The molecule has 0 bridgehead atoms. The third kappa shape index (κ3) is 6.39. The average molecular weight is 562 g/mol. The highest BCUT2D eigenvalue weighted by Gasteiger charge is 2.29. The van der Waals surface area contributed by atoms with Gasteiger partial charge in [-0.1, -0.05) is 65.0 Å². The fourth-order valence-electron chi connectivity index (χ4n) is 5.42. The van der Waals surface area contributed by atoms with E-state index in [1.807, 2.05) is 41.8 Å². The minimum Gasteiger partial charge on any atom is -0.497 e. The maximum atomic E-state index is 14.9. The quantitative estimate of drug-likeness (QED) is 0.234. The summed E-state index contributed by atoms with van der Waals surface area (Å²) in [6.07, 6.45) is 0. The first kappa shape index (κ1) is 30.5. The molecule has 0 N–H and O–H groups in total. The van der Waals surface area contributed by atoms with Crippen LogP contribution in [0.3, 0.4) is 0 Å². The Hall–Kier alpha value is -3.49. The number of hydrogen-bond donors (Lipinski definition) is 0. The van der Waals surface area contributed by atoms with Gasteiger partial charge in [-0.25, -0.2) is 13.8 Å². The van der Waals surface area contributed by atoms with Crippen molar-refractivity contribution in [2.45, 2.75) is 60.0 Å². The van der Waals surface area contributed by atoms with Crippen molar-refractivity contribution in [2.75, 3.05) is 40.3 Å². The van der Waals surface area contributed by atoms with Crippen molar-refractivity contribution in [1.82, 2.24) is 23.8 Å². The third-order valence-electron chi connectivity index (χ3n) is 7.85. The van der Waals surface area contributed by atoms with Gasteiger partial charge >= 0.3 is 0 Å². The highest BCUT2D eigenvalue weighted by atomic mass is 19.1. The molecule has 41 heavy (non-hydrogen) atoms. The van der Waals surface area contributed by atoms with Crippen LogP contribution in [-0.4, -0.2) is 64.1 Å². The molecule has 0 radical (unpaired) electrons. The van der Waals surface area contributed by atoms with Crippen LogP contribution in [0.5, 0.6) is 5.75 Å². The van der Waals surface area contributed by atoms with Gasteiger partial charge in [0.1, 0.15) is 11.6 Å². The molecule has 0 fully saturated rings. The molecule has 2 aromatic heterocycles. The molecule has 0 saturated carbocycles. The van der Waals surface area contributed by atoms with Gasteiger partial charge in [0.15, 0.2) is 0 Å². The van der Waals surface area contributed by atoms with Crippen LogP contribution in [0.25, 0.3) is 16.9 Å². The van der Waals surface area contributed by atoms with Crippen LogP contribution in [0.15, 0.2) is 53.3 Å². The van der Waals surface area contributed by atoms with E-state index in [4.69, 9.17) is 9.72 Å². The smallest absolute Gasteiger partial charge is 0.267 e. The minimum absolute atomic E-state index is 0.134. The standard InChI is InChI=1S/C33H44FN5O2/c1-9-37(10-2)19-18-36(7)22-28-30(33(4,5)6)35-32-38(21-25-14-11-12-17-27(25)34)23(3)29(31(40)39(28)32)24-15-13-16-26(20-24)41-8/h11-17,20H,9-10,18-19,21-22H2,1-8H3. The lowest BCUT2D eigenvalue weighted by atomic mass is 9.90. The molecule has 8 heteroatoms. The van der Waals surface area contributed by atoms with Gasteiger partial charge in [-0.05, 0) is 50.8 Å². The van der Waals surface area contributed by atoms with E-state index in [-0.39, 0.29) is 23.3 Å². The molecule has 0 amide bonds.